The average Bonchev–Trinajstić information content (AvgIpc) is 2.90. The number of benzene rings is 3. The topological polar surface area (TPSA) is 86.8 Å². The molecule has 3 aromatic carbocycles. The maximum atomic E-state index is 14.1. The Bertz CT molecular complexity index is 1450. The van der Waals surface area contributed by atoms with Crippen LogP contribution in [0.2, 0.25) is 15.1 Å². The molecule has 0 radical (unpaired) electrons. The number of rotatable bonds is 11. The van der Waals surface area contributed by atoms with Gasteiger partial charge in [-0.1, -0.05) is 72.1 Å². The largest absolute Gasteiger partial charge is 0.352 e. The van der Waals surface area contributed by atoms with Crippen LogP contribution in [-0.4, -0.2) is 43.8 Å². The Morgan fingerprint density at radius 3 is 2.02 bits per heavy atom. The fraction of sp³-hybridized carbons (Fsp3) is 0.310. The summed E-state index contributed by atoms with van der Waals surface area (Å²) in [6.07, 6.45) is 0.272. The second-order valence-corrected chi connectivity index (χ2v) is 12.6. The first kappa shape index (κ1) is 31.7. The van der Waals surface area contributed by atoms with Gasteiger partial charge in [-0.15, -0.1) is 0 Å². The summed E-state index contributed by atoms with van der Waals surface area (Å²) in [5, 5.41) is 3.85. The SMILES string of the molecule is CCC(C(=O)NC(C)C)N(Cc1c(Cl)cccc1Cl)C(=O)CN(c1cccc(Cl)c1C)S(=O)(=O)c1ccccc1. The minimum Gasteiger partial charge on any atom is -0.352 e. The van der Waals surface area contributed by atoms with Gasteiger partial charge in [0.25, 0.3) is 10.0 Å². The maximum Gasteiger partial charge on any atom is 0.264 e. The standard InChI is InChI=1S/C29H32Cl3N3O4S/c1-5-26(29(37)33-19(2)3)34(17-22-24(31)14-9-15-25(22)32)28(36)18-35(27-16-10-13-23(30)20(27)4)40(38,39)21-11-7-6-8-12-21/h6-16,19,26H,5,17-18H2,1-4H3,(H,33,37). The highest BCUT2D eigenvalue weighted by Crippen LogP contribution is 2.32. The van der Waals surface area contributed by atoms with Crippen molar-refractivity contribution in [2.24, 2.45) is 0 Å². The average molecular weight is 625 g/mol. The number of sulfonamides is 1. The van der Waals surface area contributed by atoms with Gasteiger partial charge >= 0.3 is 0 Å². The summed E-state index contributed by atoms with van der Waals surface area (Å²) in [4.78, 5) is 28.7. The molecule has 2 amide bonds. The summed E-state index contributed by atoms with van der Waals surface area (Å²) in [6.45, 7) is 6.40. The molecule has 0 aliphatic rings. The molecule has 40 heavy (non-hydrogen) atoms. The van der Waals surface area contributed by atoms with Crippen LogP contribution in [0.25, 0.3) is 0 Å². The molecule has 7 nitrogen and oxygen atoms in total. The van der Waals surface area contributed by atoms with Crippen LogP contribution in [0, 0.1) is 6.92 Å². The summed E-state index contributed by atoms with van der Waals surface area (Å²) in [6, 6.07) is 16.6. The predicted octanol–water partition coefficient (Wildman–Crippen LogP) is 6.48. The van der Waals surface area contributed by atoms with Crippen LogP contribution in [0.5, 0.6) is 0 Å². The molecule has 1 N–H and O–H groups in total. The first-order valence-corrected chi connectivity index (χ1v) is 15.3. The fourth-order valence-corrected chi connectivity index (χ4v) is 6.43. The van der Waals surface area contributed by atoms with Gasteiger partial charge in [0.05, 0.1) is 10.6 Å². The lowest BCUT2D eigenvalue weighted by atomic mass is 10.1. The van der Waals surface area contributed by atoms with Crippen LogP contribution in [0.1, 0.15) is 38.3 Å². The van der Waals surface area contributed by atoms with Crippen molar-refractivity contribution in [3.63, 3.8) is 0 Å². The third-order valence-electron chi connectivity index (χ3n) is 6.32. The number of hydrogen-bond donors (Lipinski definition) is 1. The van der Waals surface area contributed by atoms with Crippen molar-refractivity contribution in [3.05, 3.63) is 92.9 Å². The molecule has 3 rings (SSSR count). The van der Waals surface area contributed by atoms with Crippen LogP contribution < -0.4 is 9.62 Å². The Morgan fingerprint density at radius 2 is 1.45 bits per heavy atom. The highest BCUT2D eigenvalue weighted by atomic mass is 35.5. The molecule has 1 atom stereocenters. The van der Waals surface area contributed by atoms with Crippen LogP contribution in [0.3, 0.4) is 0 Å². The third kappa shape index (κ3) is 7.29. The molecule has 214 valence electrons. The Hall–Kier alpha value is -2.78. The highest BCUT2D eigenvalue weighted by Gasteiger charge is 2.35. The van der Waals surface area contributed by atoms with Crippen molar-refractivity contribution in [2.75, 3.05) is 10.8 Å². The molecule has 3 aromatic rings. The van der Waals surface area contributed by atoms with Crippen LogP contribution >= 0.6 is 34.8 Å². The molecule has 0 heterocycles. The first-order chi connectivity index (χ1) is 18.9. The number of halogens is 3. The summed E-state index contributed by atoms with van der Waals surface area (Å²) < 4.78 is 28.9. The van der Waals surface area contributed by atoms with Gasteiger partial charge in [0, 0.05) is 33.2 Å². The van der Waals surface area contributed by atoms with Crippen molar-refractivity contribution in [1.82, 2.24) is 10.2 Å². The van der Waals surface area contributed by atoms with Crippen LogP contribution in [0.4, 0.5) is 5.69 Å². The first-order valence-electron chi connectivity index (χ1n) is 12.7. The molecular weight excluding hydrogens is 593 g/mol. The fourth-order valence-electron chi connectivity index (χ4n) is 4.25. The molecule has 0 aliphatic carbocycles. The van der Waals surface area contributed by atoms with E-state index >= 15 is 0 Å². The molecule has 0 saturated heterocycles. The van der Waals surface area contributed by atoms with Crippen molar-refractivity contribution < 1.29 is 18.0 Å². The summed E-state index contributed by atoms with van der Waals surface area (Å²) in [5.74, 6) is -0.981. The molecule has 0 bridgehead atoms. The second kappa shape index (κ2) is 13.7. The number of carbonyl (C=O) groups is 2. The Kier molecular flexibility index (Phi) is 10.9. The van der Waals surface area contributed by atoms with Crippen molar-refractivity contribution in [3.8, 4) is 0 Å². The lowest BCUT2D eigenvalue weighted by molar-refractivity contribution is -0.140. The minimum absolute atomic E-state index is 0.00691. The summed E-state index contributed by atoms with van der Waals surface area (Å²) in [5.41, 5.74) is 1.19. The second-order valence-electron chi connectivity index (χ2n) is 9.52. The molecule has 0 aromatic heterocycles. The van der Waals surface area contributed by atoms with E-state index in [0.29, 0.717) is 26.2 Å². The van der Waals surface area contributed by atoms with Gasteiger partial charge in [0.15, 0.2) is 0 Å². The summed E-state index contributed by atoms with van der Waals surface area (Å²) in [7, 11) is -4.21. The lowest BCUT2D eigenvalue weighted by Crippen LogP contribution is -2.53. The van der Waals surface area contributed by atoms with Gasteiger partial charge < -0.3 is 10.2 Å². The smallest absolute Gasteiger partial charge is 0.264 e. The predicted molar refractivity (Wildman–Crippen MR) is 162 cm³/mol. The van der Waals surface area contributed by atoms with Gasteiger partial charge in [-0.3, -0.25) is 13.9 Å². The monoisotopic (exact) mass is 623 g/mol. The number of nitrogens with one attached hydrogen (secondary N) is 1. The van der Waals surface area contributed by atoms with Gasteiger partial charge in [-0.2, -0.15) is 0 Å². The van der Waals surface area contributed by atoms with Gasteiger partial charge in [-0.25, -0.2) is 8.42 Å². The number of hydrogen-bond acceptors (Lipinski definition) is 4. The Labute approximate surface area is 251 Å². The molecule has 11 heteroatoms. The molecule has 0 fully saturated rings. The number of anilines is 1. The lowest BCUT2D eigenvalue weighted by Gasteiger charge is -2.34. The van der Waals surface area contributed by atoms with E-state index in [2.05, 4.69) is 5.32 Å². The molecule has 0 saturated carbocycles. The van der Waals surface area contributed by atoms with Gasteiger partial charge in [0.2, 0.25) is 11.8 Å². The third-order valence-corrected chi connectivity index (χ3v) is 9.22. The van der Waals surface area contributed by atoms with E-state index < -0.39 is 28.5 Å². The number of carbonyl (C=O) groups excluding carboxylic acids is 2. The highest BCUT2D eigenvalue weighted by molar-refractivity contribution is 7.92. The zero-order valence-corrected chi connectivity index (χ0v) is 25.8. The molecule has 0 aliphatic heterocycles. The Morgan fingerprint density at radius 1 is 0.875 bits per heavy atom. The van der Waals surface area contributed by atoms with Crippen LogP contribution in [0.15, 0.2) is 71.6 Å². The molecule has 1 unspecified atom stereocenters. The number of nitrogens with zero attached hydrogens (tertiary/aromatic N) is 2. The van der Waals surface area contributed by atoms with E-state index in [4.69, 9.17) is 34.8 Å². The quantitative estimate of drug-likeness (QED) is 0.265. The van der Waals surface area contributed by atoms with E-state index in [1.54, 1.807) is 68.4 Å². The normalized spacial score (nSPS) is 12.2. The van der Waals surface area contributed by atoms with Gasteiger partial charge in [-0.05, 0) is 69.2 Å². The van der Waals surface area contributed by atoms with E-state index in [1.807, 2.05) is 13.8 Å². The molecule has 0 spiro atoms. The minimum atomic E-state index is -4.21. The van der Waals surface area contributed by atoms with Crippen molar-refractivity contribution in [1.29, 1.82) is 0 Å². The van der Waals surface area contributed by atoms with Crippen molar-refractivity contribution in [2.45, 2.75) is 57.6 Å². The van der Waals surface area contributed by atoms with Crippen molar-refractivity contribution >= 4 is 62.3 Å². The van der Waals surface area contributed by atoms with E-state index in [0.717, 1.165) is 4.31 Å². The summed E-state index contributed by atoms with van der Waals surface area (Å²) >= 11 is 19.2. The van der Waals surface area contributed by atoms with Gasteiger partial charge in [0.1, 0.15) is 12.6 Å². The zero-order valence-electron chi connectivity index (χ0n) is 22.7. The number of amides is 2. The Balaban J connectivity index is 2.14. The molecular formula is C29H32Cl3N3O4S. The van der Waals surface area contributed by atoms with E-state index in [1.165, 1.54) is 17.0 Å². The van der Waals surface area contributed by atoms with Crippen LogP contribution in [-0.2, 0) is 26.2 Å². The van der Waals surface area contributed by atoms with E-state index in [9.17, 15) is 18.0 Å². The zero-order chi connectivity index (χ0) is 29.6. The maximum absolute atomic E-state index is 14.1. The van der Waals surface area contributed by atoms with E-state index in [-0.39, 0.29) is 35.5 Å².